The Balaban J connectivity index is 2.16. The molecule has 4 nitrogen and oxygen atoms in total. The van der Waals surface area contributed by atoms with Crippen molar-refractivity contribution >= 4 is 33.2 Å². The van der Waals surface area contributed by atoms with Gasteiger partial charge in [0, 0.05) is 4.88 Å². The molecule has 20 heavy (non-hydrogen) atoms. The van der Waals surface area contributed by atoms with Gasteiger partial charge in [-0.3, -0.25) is 4.79 Å². The minimum absolute atomic E-state index is 0.219. The van der Waals surface area contributed by atoms with Gasteiger partial charge in [-0.15, -0.1) is 11.3 Å². The monoisotopic (exact) mass is 355 g/mol. The number of benzene rings is 1. The minimum Gasteiger partial charge on any atom is -0.496 e. The maximum absolute atomic E-state index is 12.3. The van der Waals surface area contributed by atoms with Gasteiger partial charge in [-0.1, -0.05) is 6.07 Å². The van der Waals surface area contributed by atoms with Gasteiger partial charge >= 0.3 is 0 Å². The molecule has 1 amide bonds. The molecular weight excluding hydrogens is 342 g/mol. The van der Waals surface area contributed by atoms with E-state index in [-0.39, 0.29) is 5.91 Å². The van der Waals surface area contributed by atoms with Crippen molar-refractivity contribution in [2.24, 2.45) is 0 Å². The summed E-state index contributed by atoms with van der Waals surface area (Å²) in [6.07, 6.45) is 0. The van der Waals surface area contributed by atoms with Gasteiger partial charge < -0.3 is 14.8 Å². The minimum atomic E-state index is -0.219. The van der Waals surface area contributed by atoms with Gasteiger partial charge in [-0.05, 0) is 40.2 Å². The number of carbonyl (C=O) groups excluding carboxylic acids is 1. The van der Waals surface area contributed by atoms with Crippen LogP contribution < -0.4 is 14.8 Å². The molecule has 1 N–H and O–H groups in total. The van der Waals surface area contributed by atoms with Crippen LogP contribution in [0.2, 0.25) is 0 Å². The van der Waals surface area contributed by atoms with Crippen LogP contribution in [0.25, 0.3) is 0 Å². The van der Waals surface area contributed by atoms with Crippen molar-refractivity contribution in [3.05, 3.63) is 44.6 Å². The molecule has 1 aromatic heterocycles. The number of halogens is 1. The number of rotatable bonds is 5. The number of carbonyl (C=O) groups is 1. The highest BCUT2D eigenvalue weighted by atomic mass is 79.9. The van der Waals surface area contributed by atoms with Crippen LogP contribution in [0.1, 0.15) is 15.2 Å². The van der Waals surface area contributed by atoms with E-state index in [1.165, 1.54) is 14.2 Å². The zero-order valence-electron chi connectivity index (χ0n) is 11.1. The molecule has 0 unspecified atom stereocenters. The Morgan fingerprint density at radius 3 is 2.35 bits per heavy atom. The van der Waals surface area contributed by atoms with Crippen LogP contribution in [0.15, 0.2) is 34.1 Å². The summed E-state index contributed by atoms with van der Waals surface area (Å²) in [7, 11) is 3.06. The Hall–Kier alpha value is -1.53. The van der Waals surface area contributed by atoms with E-state index in [2.05, 4.69) is 21.2 Å². The smallest absolute Gasteiger partial charge is 0.259 e. The number of thiophene rings is 1. The molecule has 0 atom stereocenters. The molecular formula is C14H14BrNO3S. The first kappa shape index (κ1) is 14.9. The first-order valence-corrected chi connectivity index (χ1v) is 7.50. The molecule has 0 fully saturated rings. The maximum Gasteiger partial charge on any atom is 0.259 e. The van der Waals surface area contributed by atoms with Crippen LogP contribution in [-0.2, 0) is 6.54 Å². The molecule has 0 radical (unpaired) electrons. The van der Waals surface area contributed by atoms with E-state index < -0.39 is 0 Å². The van der Waals surface area contributed by atoms with E-state index in [1.807, 2.05) is 12.1 Å². The van der Waals surface area contributed by atoms with Crippen molar-refractivity contribution in [3.8, 4) is 11.5 Å². The summed E-state index contributed by atoms with van der Waals surface area (Å²) in [5.74, 6) is 0.771. The second kappa shape index (κ2) is 6.76. The van der Waals surface area contributed by atoms with Gasteiger partial charge in [0.2, 0.25) is 0 Å². The highest BCUT2D eigenvalue weighted by Crippen LogP contribution is 2.28. The molecule has 0 spiro atoms. The summed E-state index contributed by atoms with van der Waals surface area (Å²) >= 11 is 4.98. The lowest BCUT2D eigenvalue weighted by molar-refractivity contribution is 0.0945. The van der Waals surface area contributed by atoms with Crippen molar-refractivity contribution in [1.82, 2.24) is 5.32 Å². The largest absolute Gasteiger partial charge is 0.496 e. The third kappa shape index (κ3) is 3.32. The van der Waals surface area contributed by atoms with E-state index in [1.54, 1.807) is 29.5 Å². The highest BCUT2D eigenvalue weighted by molar-refractivity contribution is 9.11. The number of hydrogen-bond acceptors (Lipinski definition) is 4. The van der Waals surface area contributed by atoms with Gasteiger partial charge in [0.25, 0.3) is 5.91 Å². The van der Waals surface area contributed by atoms with E-state index >= 15 is 0 Å². The number of nitrogens with one attached hydrogen (secondary N) is 1. The molecule has 0 saturated carbocycles. The topological polar surface area (TPSA) is 47.6 Å². The van der Waals surface area contributed by atoms with Gasteiger partial charge in [0.1, 0.15) is 17.1 Å². The molecule has 0 aliphatic carbocycles. The van der Waals surface area contributed by atoms with Crippen molar-refractivity contribution in [2.75, 3.05) is 14.2 Å². The summed E-state index contributed by atoms with van der Waals surface area (Å²) in [4.78, 5) is 13.4. The van der Waals surface area contributed by atoms with Crippen LogP contribution in [0.4, 0.5) is 0 Å². The first-order valence-electron chi connectivity index (χ1n) is 5.89. The molecule has 0 bridgehead atoms. The van der Waals surface area contributed by atoms with E-state index in [0.717, 1.165) is 8.66 Å². The third-order valence-corrected chi connectivity index (χ3v) is 4.33. The predicted octanol–water partition coefficient (Wildman–Crippen LogP) is 3.46. The average Bonchev–Trinajstić information content (AvgIpc) is 2.89. The molecule has 106 valence electrons. The average molecular weight is 356 g/mol. The van der Waals surface area contributed by atoms with Crippen LogP contribution >= 0.6 is 27.3 Å². The molecule has 0 aliphatic rings. The first-order chi connectivity index (χ1) is 9.65. The normalized spacial score (nSPS) is 10.2. The summed E-state index contributed by atoms with van der Waals surface area (Å²) in [6.45, 7) is 0.469. The van der Waals surface area contributed by atoms with Crippen LogP contribution in [-0.4, -0.2) is 20.1 Å². The second-order valence-corrected chi connectivity index (χ2v) is 6.47. The lowest BCUT2D eigenvalue weighted by atomic mass is 10.1. The highest BCUT2D eigenvalue weighted by Gasteiger charge is 2.17. The molecule has 1 heterocycles. The van der Waals surface area contributed by atoms with Crippen LogP contribution in [0.3, 0.4) is 0 Å². The second-order valence-electron chi connectivity index (χ2n) is 3.93. The zero-order valence-corrected chi connectivity index (χ0v) is 13.5. The lowest BCUT2D eigenvalue weighted by Crippen LogP contribution is -2.23. The molecule has 0 saturated heterocycles. The van der Waals surface area contributed by atoms with Crippen molar-refractivity contribution in [1.29, 1.82) is 0 Å². The summed E-state index contributed by atoms with van der Waals surface area (Å²) in [6, 6.07) is 9.17. The van der Waals surface area contributed by atoms with Crippen molar-refractivity contribution < 1.29 is 14.3 Å². The summed E-state index contributed by atoms with van der Waals surface area (Å²) in [5, 5.41) is 2.87. The molecule has 6 heteroatoms. The third-order valence-electron chi connectivity index (χ3n) is 2.71. The van der Waals surface area contributed by atoms with Gasteiger partial charge in [0.05, 0.1) is 24.6 Å². The Bertz CT molecular complexity index is 590. The van der Waals surface area contributed by atoms with Crippen LogP contribution in [0, 0.1) is 0 Å². The van der Waals surface area contributed by atoms with E-state index in [4.69, 9.17) is 9.47 Å². The fourth-order valence-electron chi connectivity index (χ4n) is 1.78. The zero-order chi connectivity index (χ0) is 14.5. The number of amides is 1. The van der Waals surface area contributed by atoms with E-state index in [0.29, 0.717) is 23.6 Å². The number of ether oxygens (including phenoxy) is 2. The van der Waals surface area contributed by atoms with Gasteiger partial charge in [0.15, 0.2) is 0 Å². The molecule has 2 aromatic rings. The Morgan fingerprint density at radius 1 is 1.20 bits per heavy atom. The molecule has 1 aromatic carbocycles. The van der Waals surface area contributed by atoms with Gasteiger partial charge in [-0.2, -0.15) is 0 Å². The maximum atomic E-state index is 12.3. The fourth-order valence-corrected chi connectivity index (χ4v) is 3.20. The standard InChI is InChI=1S/C14H14BrNO3S/c1-18-10-4-3-5-11(19-2)13(10)14(17)16-8-9-6-7-12(15)20-9/h3-7H,8H2,1-2H3,(H,16,17). The SMILES string of the molecule is COc1cccc(OC)c1C(=O)NCc1ccc(Br)s1. The Morgan fingerprint density at radius 2 is 1.85 bits per heavy atom. The Kier molecular flexibility index (Phi) is 5.03. The van der Waals surface area contributed by atoms with E-state index in [9.17, 15) is 4.79 Å². The van der Waals surface area contributed by atoms with Crippen LogP contribution in [0.5, 0.6) is 11.5 Å². The fraction of sp³-hybridized carbons (Fsp3) is 0.214. The van der Waals surface area contributed by atoms with Gasteiger partial charge in [-0.25, -0.2) is 0 Å². The predicted molar refractivity (Wildman–Crippen MR) is 82.7 cm³/mol. The van der Waals surface area contributed by atoms with Crippen molar-refractivity contribution in [3.63, 3.8) is 0 Å². The quantitative estimate of drug-likeness (QED) is 0.893. The lowest BCUT2D eigenvalue weighted by Gasteiger charge is -2.12. The number of hydrogen-bond donors (Lipinski definition) is 1. The molecule has 2 rings (SSSR count). The number of methoxy groups -OCH3 is 2. The Labute approximate surface area is 129 Å². The summed E-state index contributed by atoms with van der Waals surface area (Å²) in [5.41, 5.74) is 0.410. The molecule has 0 aliphatic heterocycles. The summed E-state index contributed by atoms with van der Waals surface area (Å²) < 4.78 is 11.5. The van der Waals surface area contributed by atoms with Crippen molar-refractivity contribution in [2.45, 2.75) is 6.54 Å².